The molecule has 40 heavy (non-hydrogen) atoms. The molecule has 3 amide bonds. The van der Waals surface area contributed by atoms with E-state index < -0.39 is 59.5 Å². The van der Waals surface area contributed by atoms with Gasteiger partial charge >= 0.3 is 5.97 Å². The lowest BCUT2D eigenvalue weighted by atomic mass is 9.74. The van der Waals surface area contributed by atoms with Gasteiger partial charge < -0.3 is 29.7 Å². The number of esters is 1. The first-order valence-electron chi connectivity index (χ1n) is 13.7. The molecule has 0 unspecified atom stereocenters. The first-order chi connectivity index (χ1) is 19.2. The van der Waals surface area contributed by atoms with E-state index in [1.54, 1.807) is 49.4 Å². The van der Waals surface area contributed by atoms with Crippen molar-refractivity contribution in [1.29, 1.82) is 0 Å². The molecule has 2 fully saturated rings. The minimum atomic E-state index is -1.42. The maximum absolute atomic E-state index is 14.6. The molecule has 214 valence electrons. The number of aliphatic hydroxyl groups is 1. The van der Waals surface area contributed by atoms with Crippen molar-refractivity contribution in [3.05, 3.63) is 53.6 Å². The van der Waals surface area contributed by atoms with Crippen molar-refractivity contribution in [2.45, 2.75) is 63.0 Å². The molecule has 4 aliphatic rings. The molecule has 7 atom stereocenters. The molecule has 0 radical (unpaired) electrons. The van der Waals surface area contributed by atoms with Crippen LogP contribution in [0.1, 0.15) is 33.1 Å². The lowest BCUT2D eigenvalue weighted by Gasteiger charge is -2.38. The van der Waals surface area contributed by atoms with Crippen LogP contribution in [0.5, 0.6) is 0 Å². The second kappa shape index (κ2) is 11.3. The Morgan fingerprint density at radius 2 is 1.95 bits per heavy atom. The summed E-state index contributed by atoms with van der Waals surface area (Å²) in [6.45, 7) is 3.38. The van der Waals surface area contributed by atoms with Crippen molar-refractivity contribution in [2.75, 3.05) is 24.6 Å². The molecule has 5 rings (SSSR count). The summed E-state index contributed by atoms with van der Waals surface area (Å²) in [5.41, 5.74) is -0.972. The summed E-state index contributed by atoms with van der Waals surface area (Å²) in [7, 11) is 0. The van der Waals surface area contributed by atoms with E-state index in [0.29, 0.717) is 23.6 Å². The van der Waals surface area contributed by atoms with Crippen LogP contribution < -0.4 is 10.2 Å². The van der Waals surface area contributed by atoms with Crippen LogP contribution in [0.25, 0.3) is 0 Å². The van der Waals surface area contributed by atoms with Crippen LogP contribution in [0.2, 0.25) is 5.02 Å². The number of carbonyl (C=O) groups excluding carboxylic acids is 4. The van der Waals surface area contributed by atoms with Gasteiger partial charge in [-0.2, -0.15) is 0 Å². The van der Waals surface area contributed by atoms with E-state index in [1.165, 1.54) is 9.80 Å². The standard InChI is InChI=1S/C29H34ClN3O7/c1-3-18(16-34)33-25-27(37)32(20-10-7-6-9-19(20)30)14-8-4-5-11-22(35)31-15-17(2)39-28(38)23-21-12-13-29(25,40-21)24(23)26(33)36/h4,6-10,12-13,17-18,21,23-25,34H,3,5,11,14-16H2,1-2H3,(H,31,35)/b8-4-/t17-,18+,21+,23-,24-,25+,29-/m1/s1. The molecule has 10 nitrogen and oxygen atoms in total. The zero-order chi connectivity index (χ0) is 28.6. The fourth-order valence-corrected chi connectivity index (χ4v) is 6.50. The molecule has 2 saturated heterocycles. The number of carbonyl (C=O) groups is 4. The number of ether oxygens (including phenoxy) is 2. The van der Waals surface area contributed by atoms with Gasteiger partial charge in [0.2, 0.25) is 11.8 Å². The normalized spacial score (nSPS) is 34.0. The van der Waals surface area contributed by atoms with Crippen LogP contribution in [-0.4, -0.2) is 83.3 Å². The molecular weight excluding hydrogens is 538 g/mol. The van der Waals surface area contributed by atoms with Gasteiger partial charge in [0.1, 0.15) is 23.7 Å². The molecule has 2 N–H and O–H groups in total. The lowest BCUT2D eigenvalue weighted by molar-refractivity contribution is -0.159. The number of hydrogen-bond acceptors (Lipinski definition) is 7. The van der Waals surface area contributed by atoms with Gasteiger partial charge in [-0.05, 0) is 31.9 Å². The Bertz CT molecular complexity index is 1250. The van der Waals surface area contributed by atoms with Crippen molar-refractivity contribution >= 4 is 41.0 Å². The van der Waals surface area contributed by atoms with Crippen LogP contribution in [-0.2, 0) is 28.7 Å². The Morgan fingerprint density at radius 3 is 2.67 bits per heavy atom. The van der Waals surface area contributed by atoms with Crippen LogP contribution in [0, 0.1) is 11.8 Å². The number of hydrogen-bond donors (Lipinski definition) is 2. The molecule has 1 spiro atoms. The summed E-state index contributed by atoms with van der Waals surface area (Å²) in [6, 6.07) is 5.09. The SMILES string of the molecule is CC[C@@H](CO)N1C(=O)[C@H]2[C@@H]3C(=O)O[C@H](C)CNC(=O)CC/C=C\CN(c4ccccc4Cl)C(=O)[C@H]1[C@@]21C=C[C@@H]3O1. The lowest BCUT2D eigenvalue weighted by Crippen LogP contribution is -2.58. The number of rotatable bonds is 4. The molecule has 1 aromatic carbocycles. The van der Waals surface area contributed by atoms with Crippen LogP contribution in [0.4, 0.5) is 5.69 Å². The summed E-state index contributed by atoms with van der Waals surface area (Å²) in [5, 5.41) is 13.4. The van der Waals surface area contributed by atoms with E-state index in [9.17, 15) is 24.3 Å². The minimum absolute atomic E-state index is 0.120. The summed E-state index contributed by atoms with van der Waals surface area (Å²) in [6.07, 6.45) is 6.69. The van der Waals surface area contributed by atoms with Crippen LogP contribution in [0.15, 0.2) is 48.6 Å². The number of benzene rings is 1. The van der Waals surface area contributed by atoms with Crippen molar-refractivity contribution in [3.8, 4) is 0 Å². The third kappa shape index (κ3) is 4.71. The summed E-state index contributed by atoms with van der Waals surface area (Å²) in [4.78, 5) is 57.4. The predicted molar refractivity (Wildman–Crippen MR) is 146 cm³/mol. The van der Waals surface area contributed by atoms with E-state index in [2.05, 4.69) is 5.32 Å². The number of nitrogens with one attached hydrogen (secondary N) is 1. The Kier molecular flexibility index (Phi) is 8.03. The van der Waals surface area contributed by atoms with Crippen LogP contribution in [0.3, 0.4) is 0 Å². The number of nitrogens with zero attached hydrogens (tertiary/aromatic N) is 2. The number of amides is 3. The zero-order valence-electron chi connectivity index (χ0n) is 22.5. The molecule has 11 heteroatoms. The van der Waals surface area contributed by atoms with Gasteiger partial charge in [0.15, 0.2) is 0 Å². The topological polar surface area (TPSA) is 125 Å². The molecular formula is C29H34ClN3O7. The van der Waals surface area contributed by atoms with E-state index in [0.717, 1.165) is 0 Å². The maximum Gasteiger partial charge on any atom is 0.313 e. The van der Waals surface area contributed by atoms with Crippen molar-refractivity contribution in [1.82, 2.24) is 10.2 Å². The van der Waals surface area contributed by atoms with E-state index in [4.69, 9.17) is 21.1 Å². The van der Waals surface area contributed by atoms with Gasteiger partial charge in [0, 0.05) is 13.0 Å². The average Bonchev–Trinajstić information content (AvgIpc) is 3.58. The average molecular weight is 572 g/mol. The zero-order valence-corrected chi connectivity index (χ0v) is 23.3. The molecule has 4 heterocycles. The molecule has 0 saturated carbocycles. The maximum atomic E-state index is 14.6. The van der Waals surface area contributed by atoms with E-state index in [-0.39, 0.29) is 32.0 Å². The number of likely N-dealkylation sites (tertiary alicyclic amines) is 1. The number of halogens is 1. The van der Waals surface area contributed by atoms with Gasteiger partial charge in [-0.15, -0.1) is 0 Å². The fraction of sp³-hybridized carbons (Fsp3) is 0.517. The van der Waals surface area contributed by atoms with E-state index in [1.807, 2.05) is 13.0 Å². The number of cyclic esters (lactones) is 1. The highest BCUT2D eigenvalue weighted by Crippen LogP contribution is 2.56. The minimum Gasteiger partial charge on any atom is -0.460 e. The second-order valence-corrected chi connectivity index (χ2v) is 11.1. The monoisotopic (exact) mass is 571 g/mol. The predicted octanol–water partition coefficient (Wildman–Crippen LogP) is 1.99. The Balaban J connectivity index is 1.63. The number of allylic oxidation sites excluding steroid dienone is 1. The van der Waals surface area contributed by atoms with Gasteiger partial charge in [-0.3, -0.25) is 19.2 Å². The Labute approximate surface area is 237 Å². The highest BCUT2D eigenvalue weighted by Gasteiger charge is 2.74. The Hall–Kier alpha value is -3.21. The van der Waals surface area contributed by atoms with Gasteiger partial charge in [-0.25, -0.2) is 0 Å². The smallest absolute Gasteiger partial charge is 0.313 e. The second-order valence-electron chi connectivity index (χ2n) is 10.7. The van der Waals surface area contributed by atoms with Crippen molar-refractivity contribution in [3.63, 3.8) is 0 Å². The van der Waals surface area contributed by atoms with Crippen molar-refractivity contribution in [2.24, 2.45) is 11.8 Å². The number of anilines is 1. The molecule has 0 aromatic heterocycles. The van der Waals surface area contributed by atoms with Gasteiger partial charge in [0.25, 0.3) is 5.91 Å². The molecule has 4 aliphatic heterocycles. The van der Waals surface area contributed by atoms with Gasteiger partial charge in [-0.1, -0.05) is 55.0 Å². The Morgan fingerprint density at radius 1 is 1.18 bits per heavy atom. The number of fused-ring (bicyclic) bond motifs is 2. The van der Waals surface area contributed by atoms with Crippen LogP contribution >= 0.6 is 11.6 Å². The molecule has 5 bridgehead atoms. The molecule has 0 aliphatic carbocycles. The molecule has 1 aromatic rings. The fourth-order valence-electron chi connectivity index (χ4n) is 6.27. The quantitative estimate of drug-likeness (QED) is 0.418. The van der Waals surface area contributed by atoms with Gasteiger partial charge in [0.05, 0.1) is 41.9 Å². The number of aliphatic hydroxyl groups excluding tert-OH is 1. The third-order valence-corrected chi connectivity index (χ3v) is 8.52. The van der Waals surface area contributed by atoms with Crippen molar-refractivity contribution < 1.29 is 33.8 Å². The summed E-state index contributed by atoms with van der Waals surface area (Å²) >= 11 is 6.55. The van der Waals surface area contributed by atoms with E-state index >= 15 is 0 Å². The highest BCUT2D eigenvalue weighted by molar-refractivity contribution is 6.34. The number of para-hydroxylation sites is 1. The largest absolute Gasteiger partial charge is 0.460 e. The summed E-state index contributed by atoms with van der Waals surface area (Å²) < 4.78 is 12.0. The summed E-state index contributed by atoms with van der Waals surface area (Å²) in [5.74, 6) is -3.70. The third-order valence-electron chi connectivity index (χ3n) is 8.20. The first-order valence-corrected chi connectivity index (χ1v) is 14.1. The first kappa shape index (κ1) is 28.3. The highest BCUT2D eigenvalue weighted by atomic mass is 35.5.